The number of rotatable bonds is 2. The quantitative estimate of drug-likeness (QED) is 0.698. The predicted octanol–water partition coefficient (Wildman–Crippen LogP) is 1.28. The first-order valence-corrected chi connectivity index (χ1v) is 4.11. The van der Waals surface area contributed by atoms with Gasteiger partial charge < -0.3 is 10.4 Å². The summed E-state index contributed by atoms with van der Waals surface area (Å²) in [6.07, 6.45) is 0. The number of thiocarbonyl (C=S) groups is 1. The molecule has 0 unspecified atom stereocenters. The van der Waals surface area contributed by atoms with E-state index in [0.29, 0.717) is 4.99 Å². The molecular formula is C9H9NO2S. The predicted molar refractivity (Wildman–Crippen MR) is 54.2 cm³/mol. The fourth-order valence-electron chi connectivity index (χ4n) is 0.938. The lowest BCUT2D eigenvalue weighted by Gasteiger charge is -2.02. The van der Waals surface area contributed by atoms with E-state index in [2.05, 4.69) is 5.32 Å². The van der Waals surface area contributed by atoms with E-state index in [1.54, 1.807) is 25.2 Å². The molecule has 0 aliphatic carbocycles. The Kier molecular flexibility index (Phi) is 2.97. The number of carboxylic acids is 1. The van der Waals surface area contributed by atoms with Gasteiger partial charge in [0.05, 0.1) is 5.56 Å². The summed E-state index contributed by atoms with van der Waals surface area (Å²) in [5, 5.41) is 11.5. The lowest BCUT2D eigenvalue weighted by atomic mass is 10.1. The molecule has 0 aliphatic heterocycles. The Labute approximate surface area is 81.4 Å². The molecule has 68 valence electrons. The highest BCUT2D eigenvalue weighted by molar-refractivity contribution is 7.80. The smallest absolute Gasteiger partial charge is 0.335 e. The first-order chi connectivity index (χ1) is 6.15. The summed E-state index contributed by atoms with van der Waals surface area (Å²) in [5.41, 5.74) is 0.965. The van der Waals surface area contributed by atoms with Crippen LogP contribution < -0.4 is 5.32 Å². The zero-order chi connectivity index (χ0) is 9.84. The molecule has 0 aliphatic rings. The van der Waals surface area contributed by atoms with Gasteiger partial charge in [0, 0.05) is 12.6 Å². The summed E-state index contributed by atoms with van der Waals surface area (Å²) in [4.78, 5) is 11.1. The van der Waals surface area contributed by atoms with Gasteiger partial charge in [-0.05, 0) is 12.1 Å². The number of carbonyl (C=O) groups is 1. The molecule has 0 spiro atoms. The van der Waals surface area contributed by atoms with Crippen LogP contribution in [0.25, 0.3) is 0 Å². The SMILES string of the molecule is CNC(=S)c1cccc(C(=O)O)c1. The van der Waals surface area contributed by atoms with Crippen LogP contribution in [0.1, 0.15) is 15.9 Å². The van der Waals surface area contributed by atoms with E-state index in [9.17, 15) is 4.79 Å². The van der Waals surface area contributed by atoms with Crippen molar-refractivity contribution in [3.63, 3.8) is 0 Å². The maximum atomic E-state index is 10.6. The maximum Gasteiger partial charge on any atom is 0.335 e. The van der Waals surface area contributed by atoms with Crippen molar-refractivity contribution in [3.8, 4) is 0 Å². The Bertz CT molecular complexity index is 349. The lowest BCUT2D eigenvalue weighted by Crippen LogP contribution is -2.16. The van der Waals surface area contributed by atoms with E-state index in [1.165, 1.54) is 6.07 Å². The summed E-state index contributed by atoms with van der Waals surface area (Å²) in [5.74, 6) is -0.944. The van der Waals surface area contributed by atoms with Crippen molar-refractivity contribution in [1.82, 2.24) is 5.32 Å². The van der Waals surface area contributed by atoms with Gasteiger partial charge in [-0.3, -0.25) is 0 Å². The summed E-state index contributed by atoms with van der Waals surface area (Å²) < 4.78 is 0. The molecule has 0 saturated heterocycles. The average molecular weight is 195 g/mol. The largest absolute Gasteiger partial charge is 0.478 e. The molecule has 1 aromatic rings. The molecule has 0 bridgehead atoms. The van der Waals surface area contributed by atoms with Gasteiger partial charge in [-0.25, -0.2) is 4.79 Å². The second-order valence-electron chi connectivity index (χ2n) is 2.47. The van der Waals surface area contributed by atoms with Crippen LogP contribution in [0.4, 0.5) is 0 Å². The van der Waals surface area contributed by atoms with Crippen molar-refractivity contribution in [1.29, 1.82) is 0 Å². The molecule has 3 nitrogen and oxygen atoms in total. The molecule has 0 heterocycles. The van der Waals surface area contributed by atoms with Crippen molar-refractivity contribution in [2.75, 3.05) is 7.05 Å². The minimum atomic E-state index is -0.944. The van der Waals surface area contributed by atoms with Gasteiger partial charge in [0.25, 0.3) is 0 Å². The van der Waals surface area contributed by atoms with Crippen molar-refractivity contribution >= 4 is 23.2 Å². The molecular weight excluding hydrogens is 186 g/mol. The number of benzene rings is 1. The number of nitrogens with one attached hydrogen (secondary N) is 1. The van der Waals surface area contributed by atoms with Crippen LogP contribution in [-0.4, -0.2) is 23.1 Å². The topological polar surface area (TPSA) is 49.3 Å². The van der Waals surface area contributed by atoms with E-state index in [4.69, 9.17) is 17.3 Å². The summed E-state index contributed by atoms with van der Waals surface area (Å²) in [6.45, 7) is 0. The van der Waals surface area contributed by atoms with Gasteiger partial charge in [-0.15, -0.1) is 0 Å². The molecule has 0 radical (unpaired) electrons. The van der Waals surface area contributed by atoms with Crippen molar-refractivity contribution < 1.29 is 9.90 Å². The van der Waals surface area contributed by atoms with Crippen LogP contribution in [0.3, 0.4) is 0 Å². The fraction of sp³-hybridized carbons (Fsp3) is 0.111. The third-order valence-electron chi connectivity index (χ3n) is 1.60. The number of aromatic carboxylic acids is 1. The van der Waals surface area contributed by atoms with Crippen LogP contribution in [0.15, 0.2) is 24.3 Å². The maximum absolute atomic E-state index is 10.6. The minimum absolute atomic E-state index is 0.245. The first kappa shape index (κ1) is 9.67. The fourth-order valence-corrected chi connectivity index (χ4v) is 1.06. The van der Waals surface area contributed by atoms with Gasteiger partial charge in [0.1, 0.15) is 4.99 Å². The third-order valence-corrected chi connectivity index (χ3v) is 2.04. The molecule has 0 fully saturated rings. The Balaban J connectivity index is 3.05. The van der Waals surface area contributed by atoms with Crippen molar-refractivity contribution in [3.05, 3.63) is 35.4 Å². The molecule has 1 aromatic carbocycles. The normalized spacial score (nSPS) is 9.31. The highest BCUT2D eigenvalue weighted by atomic mass is 32.1. The van der Waals surface area contributed by atoms with Gasteiger partial charge in [0.2, 0.25) is 0 Å². The average Bonchev–Trinajstić information content (AvgIpc) is 2.17. The van der Waals surface area contributed by atoms with Gasteiger partial charge >= 0.3 is 5.97 Å². The van der Waals surface area contributed by atoms with Crippen LogP contribution in [0.5, 0.6) is 0 Å². The Morgan fingerprint density at radius 3 is 2.62 bits per heavy atom. The molecule has 1 rings (SSSR count). The first-order valence-electron chi connectivity index (χ1n) is 3.70. The van der Waals surface area contributed by atoms with E-state index in [0.717, 1.165) is 5.56 Å². The summed E-state index contributed by atoms with van der Waals surface area (Å²) >= 11 is 4.96. The molecule has 4 heteroatoms. The highest BCUT2D eigenvalue weighted by Crippen LogP contribution is 2.05. The summed E-state index contributed by atoms with van der Waals surface area (Å²) in [6, 6.07) is 6.51. The number of hydrogen-bond donors (Lipinski definition) is 2. The van der Waals surface area contributed by atoms with Gasteiger partial charge in [-0.2, -0.15) is 0 Å². The van der Waals surface area contributed by atoms with E-state index >= 15 is 0 Å². The van der Waals surface area contributed by atoms with Crippen LogP contribution in [0, 0.1) is 0 Å². The van der Waals surface area contributed by atoms with E-state index in [1.807, 2.05) is 0 Å². The number of carboxylic acid groups (broad SMARTS) is 1. The van der Waals surface area contributed by atoms with Crippen LogP contribution >= 0.6 is 12.2 Å². The zero-order valence-electron chi connectivity index (χ0n) is 7.07. The molecule has 0 aromatic heterocycles. The monoisotopic (exact) mass is 195 g/mol. The van der Waals surface area contributed by atoms with Crippen molar-refractivity contribution in [2.45, 2.75) is 0 Å². The summed E-state index contributed by atoms with van der Waals surface area (Å²) in [7, 11) is 1.70. The molecule has 0 saturated carbocycles. The van der Waals surface area contributed by atoms with Gasteiger partial charge in [0.15, 0.2) is 0 Å². The Hall–Kier alpha value is -1.42. The van der Waals surface area contributed by atoms with Crippen LogP contribution in [0.2, 0.25) is 0 Å². The second kappa shape index (κ2) is 4.00. The van der Waals surface area contributed by atoms with E-state index in [-0.39, 0.29) is 5.56 Å². The third kappa shape index (κ3) is 2.26. The molecule has 0 atom stereocenters. The second-order valence-corrected chi connectivity index (χ2v) is 2.87. The van der Waals surface area contributed by atoms with Gasteiger partial charge in [-0.1, -0.05) is 24.4 Å². The lowest BCUT2D eigenvalue weighted by molar-refractivity contribution is 0.0697. The van der Waals surface area contributed by atoms with Crippen molar-refractivity contribution in [2.24, 2.45) is 0 Å². The molecule has 0 amide bonds. The Morgan fingerprint density at radius 1 is 1.46 bits per heavy atom. The van der Waals surface area contributed by atoms with E-state index < -0.39 is 5.97 Å². The zero-order valence-corrected chi connectivity index (χ0v) is 7.89. The highest BCUT2D eigenvalue weighted by Gasteiger charge is 2.04. The molecule has 13 heavy (non-hydrogen) atoms. The van der Waals surface area contributed by atoms with Crippen LogP contribution in [-0.2, 0) is 0 Å². The number of hydrogen-bond acceptors (Lipinski definition) is 2. The Morgan fingerprint density at radius 2 is 2.08 bits per heavy atom. The molecule has 2 N–H and O–H groups in total. The minimum Gasteiger partial charge on any atom is -0.478 e. The standard InChI is InChI=1S/C9H9NO2S/c1-10-8(13)6-3-2-4-7(5-6)9(11)12/h2-5H,1H3,(H,10,13)(H,11,12).